The predicted molar refractivity (Wildman–Crippen MR) is 138 cm³/mol. The van der Waals surface area contributed by atoms with Gasteiger partial charge in [-0.25, -0.2) is 9.48 Å². The number of aromatic carboxylic acids is 1. The highest BCUT2D eigenvalue weighted by Gasteiger charge is 2.19. The number of aromatic nitrogens is 3. The van der Waals surface area contributed by atoms with Crippen LogP contribution in [0, 0.1) is 18.3 Å². The Labute approximate surface area is 211 Å². The number of hydrogen-bond donors (Lipinski definition) is 2. The predicted octanol–water partition coefficient (Wildman–Crippen LogP) is 5.09. The van der Waals surface area contributed by atoms with Crippen LogP contribution in [0.1, 0.15) is 40.0 Å². The van der Waals surface area contributed by atoms with Gasteiger partial charge in [0.2, 0.25) is 0 Å². The van der Waals surface area contributed by atoms with Gasteiger partial charge in [0.15, 0.2) is 11.2 Å². The van der Waals surface area contributed by atoms with Gasteiger partial charge in [0.05, 0.1) is 40.5 Å². The van der Waals surface area contributed by atoms with E-state index in [1.165, 1.54) is 16.8 Å². The molecular formula is C28H21N5O4. The molecule has 0 radical (unpaired) electrons. The fourth-order valence-electron chi connectivity index (χ4n) is 4.18. The summed E-state index contributed by atoms with van der Waals surface area (Å²) in [6, 6.07) is 20.2. The first-order valence-electron chi connectivity index (χ1n) is 11.4. The zero-order valence-electron chi connectivity index (χ0n) is 20.0. The number of nitriles is 1. The van der Waals surface area contributed by atoms with Gasteiger partial charge in [-0.15, -0.1) is 5.10 Å². The Balaban J connectivity index is 1.56. The molecule has 0 amide bonds. The number of carboxylic acids is 1. The Hall–Kier alpha value is -5.23. The van der Waals surface area contributed by atoms with Crippen molar-refractivity contribution in [2.75, 3.05) is 5.32 Å². The Morgan fingerprint density at radius 3 is 2.62 bits per heavy atom. The topological polar surface area (TPSA) is 134 Å². The molecule has 2 aromatic heterocycles. The van der Waals surface area contributed by atoms with Crippen molar-refractivity contribution in [1.82, 2.24) is 15.0 Å². The quantitative estimate of drug-likeness (QED) is 0.335. The molecular weight excluding hydrogens is 470 g/mol. The lowest BCUT2D eigenvalue weighted by Crippen LogP contribution is -2.12. The summed E-state index contributed by atoms with van der Waals surface area (Å²) >= 11 is 0. The van der Waals surface area contributed by atoms with Gasteiger partial charge >= 0.3 is 5.97 Å². The average Bonchev–Trinajstić information content (AvgIpc) is 3.39. The van der Waals surface area contributed by atoms with Crippen LogP contribution in [0.2, 0.25) is 0 Å². The molecule has 0 saturated heterocycles. The zero-order chi connectivity index (χ0) is 26.1. The van der Waals surface area contributed by atoms with Gasteiger partial charge in [-0.05, 0) is 61.9 Å². The van der Waals surface area contributed by atoms with E-state index < -0.39 is 5.97 Å². The summed E-state index contributed by atoms with van der Waals surface area (Å²) in [4.78, 5) is 24.8. The van der Waals surface area contributed by atoms with E-state index in [4.69, 9.17) is 9.68 Å². The summed E-state index contributed by atoms with van der Waals surface area (Å²) < 4.78 is 7.75. The first kappa shape index (κ1) is 23.5. The van der Waals surface area contributed by atoms with Gasteiger partial charge in [0.1, 0.15) is 11.3 Å². The van der Waals surface area contributed by atoms with E-state index in [2.05, 4.69) is 21.7 Å². The monoisotopic (exact) mass is 491 g/mol. The second-order valence-corrected chi connectivity index (χ2v) is 8.63. The number of carbonyl (C=O) groups is 1. The van der Waals surface area contributed by atoms with Crippen molar-refractivity contribution in [3.05, 3.63) is 105 Å². The molecule has 0 bridgehead atoms. The first-order valence-corrected chi connectivity index (χ1v) is 11.4. The maximum absolute atomic E-state index is 13.1. The Bertz CT molecular complexity index is 1750. The van der Waals surface area contributed by atoms with Crippen molar-refractivity contribution in [3.63, 3.8) is 0 Å². The molecule has 182 valence electrons. The number of hydrogen-bond acceptors (Lipinski definition) is 7. The van der Waals surface area contributed by atoms with Crippen LogP contribution in [0.4, 0.5) is 5.69 Å². The number of nitrogens with one attached hydrogen (secondary N) is 1. The summed E-state index contributed by atoms with van der Waals surface area (Å²) in [6.45, 7) is 3.76. The molecule has 5 aromatic rings. The van der Waals surface area contributed by atoms with Gasteiger partial charge in [-0.3, -0.25) is 4.79 Å². The Morgan fingerprint density at radius 2 is 1.89 bits per heavy atom. The Kier molecular flexibility index (Phi) is 5.99. The second-order valence-electron chi connectivity index (χ2n) is 8.63. The molecule has 0 aliphatic carbocycles. The van der Waals surface area contributed by atoms with Gasteiger partial charge in [0.25, 0.3) is 0 Å². The van der Waals surface area contributed by atoms with Crippen molar-refractivity contribution < 1.29 is 14.3 Å². The molecule has 0 spiro atoms. The van der Waals surface area contributed by atoms with Crippen molar-refractivity contribution >= 4 is 22.6 Å². The largest absolute Gasteiger partial charge is 0.478 e. The SMILES string of the molecule is Cc1cc([C@@H](C)Nc2ccccc2C(=O)O)c2oc(-c3cn(-c4ccc(C#N)cc4)nn3)cc(=O)c2c1. The molecule has 0 unspecified atom stereocenters. The van der Waals surface area contributed by atoms with Crippen LogP contribution in [0.3, 0.4) is 0 Å². The highest BCUT2D eigenvalue weighted by atomic mass is 16.4. The third kappa shape index (κ3) is 4.56. The molecule has 1 atom stereocenters. The Morgan fingerprint density at radius 1 is 1.14 bits per heavy atom. The lowest BCUT2D eigenvalue weighted by molar-refractivity contribution is 0.0698. The van der Waals surface area contributed by atoms with Crippen LogP contribution in [0.25, 0.3) is 28.1 Å². The normalized spacial score (nSPS) is 11.7. The van der Waals surface area contributed by atoms with Crippen molar-refractivity contribution in [2.45, 2.75) is 19.9 Å². The zero-order valence-corrected chi connectivity index (χ0v) is 20.0. The second kappa shape index (κ2) is 9.43. The molecule has 9 heteroatoms. The van der Waals surface area contributed by atoms with Crippen molar-refractivity contribution in [2.24, 2.45) is 0 Å². The number of carboxylic acid groups (broad SMARTS) is 1. The lowest BCUT2D eigenvalue weighted by Gasteiger charge is -2.19. The molecule has 3 aromatic carbocycles. The maximum atomic E-state index is 13.1. The number of rotatable bonds is 6. The van der Waals surface area contributed by atoms with Gasteiger partial charge in [-0.2, -0.15) is 5.26 Å². The maximum Gasteiger partial charge on any atom is 0.337 e. The van der Waals surface area contributed by atoms with E-state index >= 15 is 0 Å². The molecule has 0 saturated carbocycles. The van der Waals surface area contributed by atoms with Gasteiger partial charge < -0.3 is 14.8 Å². The molecule has 0 aliphatic heterocycles. The van der Waals surface area contributed by atoms with Crippen molar-refractivity contribution in [1.29, 1.82) is 5.26 Å². The minimum Gasteiger partial charge on any atom is -0.478 e. The van der Waals surface area contributed by atoms with Crippen LogP contribution in [0.15, 0.2) is 82.1 Å². The third-order valence-electron chi connectivity index (χ3n) is 6.00. The molecule has 2 heterocycles. The highest BCUT2D eigenvalue weighted by molar-refractivity contribution is 5.94. The van der Waals surface area contributed by atoms with Gasteiger partial charge in [0, 0.05) is 17.3 Å². The van der Waals surface area contributed by atoms with E-state index in [1.54, 1.807) is 54.7 Å². The van der Waals surface area contributed by atoms with Crippen LogP contribution < -0.4 is 10.7 Å². The summed E-state index contributed by atoms with van der Waals surface area (Å²) in [7, 11) is 0. The van der Waals surface area contributed by atoms with E-state index in [1.807, 2.05) is 19.9 Å². The standard InChI is InChI=1S/C28H21N5O4/c1-16-11-21(17(2)30-23-6-4-3-5-20(23)28(35)36)27-22(12-16)25(34)13-26(37-27)24-15-33(32-31-24)19-9-7-18(14-29)8-10-19/h3-13,15,17,30H,1-2H3,(H,35,36)/t17-/m1/s1. The molecule has 5 rings (SSSR count). The van der Waals surface area contributed by atoms with Crippen LogP contribution in [0.5, 0.6) is 0 Å². The third-order valence-corrected chi connectivity index (χ3v) is 6.00. The highest BCUT2D eigenvalue weighted by Crippen LogP contribution is 2.31. The summed E-state index contributed by atoms with van der Waals surface area (Å²) in [5, 5.41) is 30.5. The van der Waals surface area contributed by atoms with Crippen LogP contribution >= 0.6 is 0 Å². The molecule has 2 N–H and O–H groups in total. The van der Waals surface area contributed by atoms with E-state index in [0.29, 0.717) is 39.2 Å². The van der Waals surface area contributed by atoms with E-state index in [-0.39, 0.29) is 22.8 Å². The number of benzene rings is 3. The average molecular weight is 492 g/mol. The minimum absolute atomic E-state index is 0.146. The van der Waals surface area contributed by atoms with Gasteiger partial charge in [-0.1, -0.05) is 23.4 Å². The number of nitrogens with zero attached hydrogens (tertiary/aromatic N) is 4. The number of aryl methyl sites for hydroxylation is 1. The van der Waals surface area contributed by atoms with Crippen LogP contribution in [-0.2, 0) is 0 Å². The molecule has 0 aliphatic rings. The smallest absolute Gasteiger partial charge is 0.337 e. The molecule has 0 fully saturated rings. The summed E-state index contributed by atoms with van der Waals surface area (Å²) in [5.41, 5.74) is 3.93. The van der Waals surface area contributed by atoms with E-state index in [9.17, 15) is 14.7 Å². The number of anilines is 1. The molecule has 9 nitrogen and oxygen atoms in total. The van der Waals surface area contributed by atoms with Crippen LogP contribution in [-0.4, -0.2) is 26.1 Å². The van der Waals surface area contributed by atoms with Crippen molar-refractivity contribution in [3.8, 4) is 23.2 Å². The summed E-state index contributed by atoms with van der Waals surface area (Å²) in [6.07, 6.45) is 1.64. The number of fused-ring (bicyclic) bond motifs is 1. The lowest BCUT2D eigenvalue weighted by atomic mass is 10.0. The number of para-hydroxylation sites is 1. The fraction of sp³-hybridized carbons (Fsp3) is 0.107. The molecule has 37 heavy (non-hydrogen) atoms. The fourth-order valence-corrected chi connectivity index (χ4v) is 4.18. The van der Waals surface area contributed by atoms with E-state index in [0.717, 1.165) is 5.56 Å². The summed E-state index contributed by atoms with van der Waals surface area (Å²) in [5.74, 6) is -0.788. The first-order chi connectivity index (χ1) is 17.8. The minimum atomic E-state index is -1.04.